The van der Waals surface area contributed by atoms with Crippen LogP contribution in [0.5, 0.6) is 5.75 Å². The number of para-hydroxylation sites is 2. The summed E-state index contributed by atoms with van der Waals surface area (Å²) < 4.78 is 5.94. The number of anilines is 1. The summed E-state index contributed by atoms with van der Waals surface area (Å²) in [7, 11) is 0. The molecule has 0 aliphatic carbocycles. The van der Waals surface area contributed by atoms with E-state index in [1.54, 1.807) is 4.90 Å². The van der Waals surface area contributed by atoms with Gasteiger partial charge in [0.25, 0.3) is 0 Å². The van der Waals surface area contributed by atoms with E-state index in [1.165, 1.54) is 0 Å². The zero-order chi connectivity index (χ0) is 23.2. The first-order valence-corrected chi connectivity index (χ1v) is 11.1. The van der Waals surface area contributed by atoms with Gasteiger partial charge < -0.3 is 14.7 Å². The van der Waals surface area contributed by atoms with E-state index in [4.69, 9.17) is 4.74 Å². The van der Waals surface area contributed by atoms with Gasteiger partial charge in [0.15, 0.2) is 0 Å². The second kappa shape index (κ2) is 10.3. The van der Waals surface area contributed by atoms with E-state index in [-0.39, 0.29) is 12.5 Å². The molecule has 3 aromatic carbocycles. The molecule has 170 valence electrons. The van der Waals surface area contributed by atoms with Gasteiger partial charge in [-0.05, 0) is 43.0 Å². The number of carbonyl (C=O) groups is 2. The van der Waals surface area contributed by atoms with Crippen LogP contribution in [0, 0.1) is 6.92 Å². The molecule has 6 heteroatoms. The summed E-state index contributed by atoms with van der Waals surface area (Å²) in [5.41, 5.74) is 3.88. The molecule has 1 aliphatic rings. The lowest BCUT2D eigenvalue weighted by atomic mass is 10.0. The Hall–Kier alpha value is -3.64. The first-order valence-electron chi connectivity index (χ1n) is 11.1. The van der Waals surface area contributed by atoms with Crippen molar-refractivity contribution in [2.45, 2.75) is 38.4 Å². The summed E-state index contributed by atoms with van der Waals surface area (Å²) in [4.78, 5) is 27.3. The van der Waals surface area contributed by atoms with Crippen LogP contribution < -0.4 is 15.0 Å². The number of carboxylic acids is 1. The van der Waals surface area contributed by atoms with Gasteiger partial charge in [-0.3, -0.25) is 14.9 Å². The van der Waals surface area contributed by atoms with Crippen molar-refractivity contribution >= 4 is 17.6 Å². The smallest absolute Gasteiger partial charge is 0.320 e. The second-order valence-corrected chi connectivity index (χ2v) is 8.32. The standard InChI is InChI=1S/C27H28N2O4/c1-19-11-13-21(14-12-19)17-29-24-9-5-6-10-25(24)33-18-23(26(29)30)28-22(27(31)32)16-15-20-7-3-2-4-8-20/h2-14,22-23,28H,15-18H2,1H3,(H,31,32)/t22-,23-/m0/s1. The van der Waals surface area contributed by atoms with Gasteiger partial charge in [0.1, 0.15) is 24.4 Å². The predicted molar refractivity (Wildman–Crippen MR) is 127 cm³/mol. The molecule has 0 saturated heterocycles. The van der Waals surface area contributed by atoms with E-state index in [0.717, 1.165) is 16.7 Å². The van der Waals surface area contributed by atoms with Gasteiger partial charge in [-0.1, -0.05) is 72.3 Å². The summed E-state index contributed by atoms with van der Waals surface area (Å²) in [5.74, 6) is -0.574. The Balaban J connectivity index is 1.54. The maximum Gasteiger partial charge on any atom is 0.320 e. The van der Waals surface area contributed by atoms with E-state index in [2.05, 4.69) is 5.32 Å². The SMILES string of the molecule is Cc1ccc(CN2C(=O)[C@@H](N[C@@H](CCc3ccccc3)C(=O)O)COc3ccccc32)cc1. The highest BCUT2D eigenvalue weighted by molar-refractivity contribution is 5.99. The molecule has 4 rings (SSSR count). The molecule has 1 heterocycles. The van der Waals surface area contributed by atoms with Gasteiger partial charge in [0.2, 0.25) is 5.91 Å². The van der Waals surface area contributed by atoms with Crippen LogP contribution in [0.4, 0.5) is 5.69 Å². The van der Waals surface area contributed by atoms with Crippen LogP contribution in [-0.4, -0.2) is 35.7 Å². The van der Waals surface area contributed by atoms with Crippen molar-refractivity contribution < 1.29 is 19.4 Å². The van der Waals surface area contributed by atoms with Crippen molar-refractivity contribution in [1.82, 2.24) is 5.32 Å². The normalized spacial score (nSPS) is 16.5. The van der Waals surface area contributed by atoms with Crippen molar-refractivity contribution in [2.24, 2.45) is 0 Å². The average molecular weight is 445 g/mol. The average Bonchev–Trinajstić information content (AvgIpc) is 2.95. The number of carboxylic acid groups (broad SMARTS) is 1. The molecule has 0 aromatic heterocycles. The molecule has 1 aliphatic heterocycles. The number of hydrogen-bond donors (Lipinski definition) is 2. The molecule has 6 nitrogen and oxygen atoms in total. The number of carbonyl (C=O) groups excluding carboxylic acids is 1. The van der Waals surface area contributed by atoms with Gasteiger partial charge in [0, 0.05) is 0 Å². The number of aryl methyl sites for hydroxylation is 2. The fourth-order valence-electron chi connectivity index (χ4n) is 3.99. The molecule has 2 N–H and O–H groups in total. The quantitative estimate of drug-likeness (QED) is 0.550. The minimum absolute atomic E-state index is 0.0648. The van der Waals surface area contributed by atoms with Gasteiger partial charge >= 0.3 is 5.97 Å². The molecule has 1 amide bonds. The Kier molecular flexibility index (Phi) is 7.05. The van der Waals surface area contributed by atoms with Crippen molar-refractivity contribution in [3.05, 3.63) is 95.6 Å². The zero-order valence-electron chi connectivity index (χ0n) is 18.6. The topological polar surface area (TPSA) is 78.9 Å². The van der Waals surface area contributed by atoms with Gasteiger partial charge in [0.05, 0.1) is 12.2 Å². The Morgan fingerprint density at radius 1 is 1.03 bits per heavy atom. The van der Waals surface area contributed by atoms with E-state index < -0.39 is 18.1 Å². The third-order valence-electron chi connectivity index (χ3n) is 5.85. The van der Waals surface area contributed by atoms with Crippen LogP contribution in [0.3, 0.4) is 0 Å². The van der Waals surface area contributed by atoms with Crippen LogP contribution in [-0.2, 0) is 22.6 Å². The van der Waals surface area contributed by atoms with E-state index in [9.17, 15) is 14.7 Å². The van der Waals surface area contributed by atoms with Crippen LogP contribution >= 0.6 is 0 Å². The Morgan fingerprint density at radius 2 is 1.73 bits per heavy atom. The van der Waals surface area contributed by atoms with Gasteiger partial charge in [-0.2, -0.15) is 0 Å². The van der Waals surface area contributed by atoms with Crippen LogP contribution in [0.2, 0.25) is 0 Å². The Bertz CT molecular complexity index is 1100. The summed E-state index contributed by atoms with van der Waals surface area (Å²) in [6, 6.07) is 23.5. The van der Waals surface area contributed by atoms with E-state index in [1.807, 2.05) is 85.8 Å². The van der Waals surface area contributed by atoms with E-state index >= 15 is 0 Å². The highest BCUT2D eigenvalue weighted by Gasteiger charge is 2.34. The maximum atomic E-state index is 13.6. The number of benzene rings is 3. The maximum absolute atomic E-state index is 13.6. The van der Waals surface area contributed by atoms with Gasteiger partial charge in [-0.15, -0.1) is 0 Å². The number of hydrogen-bond acceptors (Lipinski definition) is 4. The van der Waals surface area contributed by atoms with Crippen LogP contribution in [0.1, 0.15) is 23.1 Å². The molecular formula is C27H28N2O4. The summed E-state index contributed by atoms with van der Waals surface area (Å²) in [6.07, 6.45) is 0.966. The third kappa shape index (κ3) is 5.59. The molecule has 0 radical (unpaired) electrons. The molecule has 0 fully saturated rings. The predicted octanol–water partition coefficient (Wildman–Crippen LogP) is 3.96. The van der Waals surface area contributed by atoms with Crippen LogP contribution in [0.25, 0.3) is 0 Å². The third-order valence-corrected chi connectivity index (χ3v) is 5.85. The zero-order valence-corrected chi connectivity index (χ0v) is 18.6. The molecule has 0 saturated carbocycles. The highest BCUT2D eigenvalue weighted by Crippen LogP contribution is 2.32. The number of ether oxygens (including phenoxy) is 1. The minimum Gasteiger partial charge on any atom is -0.489 e. The summed E-state index contributed by atoms with van der Waals surface area (Å²) in [5, 5.41) is 12.9. The molecule has 0 bridgehead atoms. The molecular weight excluding hydrogens is 416 g/mol. The van der Waals surface area contributed by atoms with Crippen molar-refractivity contribution in [1.29, 1.82) is 0 Å². The molecule has 2 atom stereocenters. The lowest BCUT2D eigenvalue weighted by molar-refractivity contribution is -0.140. The van der Waals surface area contributed by atoms with Crippen LogP contribution in [0.15, 0.2) is 78.9 Å². The highest BCUT2D eigenvalue weighted by atomic mass is 16.5. The number of nitrogens with one attached hydrogen (secondary N) is 1. The number of aliphatic carboxylic acids is 1. The van der Waals surface area contributed by atoms with Crippen molar-refractivity contribution in [3.63, 3.8) is 0 Å². The largest absolute Gasteiger partial charge is 0.489 e. The molecule has 33 heavy (non-hydrogen) atoms. The molecule has 3 aromatic rings. The summed E-state index contributed by atoms with van der Waals surface area (Å²) >= 11 is 0. The monoisotopic (exact) mass is 444 g/mol. The Morgan fingerprint density at radius 3 is 2.45 bits per heavy atom. The number of rotatable bonds is 8. The van der Waals surface area contributed by atoms with Crippen molar-refractivity contribution in [2.75, 3.05) is 11.5 Å². The number of amides is 1. The first-order chi connectivity index (χ1) is 16.0. The van der Waals surface area contributed by atoms with E-state index in [0.29, 0.717) is 30.8 Å². The molecule has 0 unspecified atom stereocenters. The first kappa shape index (κ1) is 22.6. The minimum atomic E-state index is -0.981. The molecule has 0 spiro atoms. The summed E-state index contributed by atoms with van der Waals surface area (Å²) in [6.45, 7) is 2.46. The fraction of sp³-hybridized carbons (Fsp3) is 0.259. The second-order valence-electron chi connectivity index (χ2n) is 8.32. The lowest BCUT2D eigenvalue weighted by Gasteiger charge is -2.26. The lowest BCUT2D eigenvalue weighted by Crippen LogP contribution is -2.53. The van der Waals surface area contributed by atoms with Gasteiger partial charge in [-0.25, -0.2) is 0 Å². The van der Waals surface area contributed by atoms with Crippen molar-refractivity contribution in [3.8, 4) is 5.75 Å². The number of fused-ring (bicyclic) bond motifs is 1. The fourth-order valence-corrected chi connectivity index (χ4v) is 3.99. The Labute approximate surface area is 193 Å². The number of nitrogens with zero attached hydrogens (tertiary/aromatic N) is 1.